The summed E-state index contributed by atoms with van der Waals surface area (Å²) in [7, 11) is 2.18. The summed E-state index contributed by atoms with van der Waals surface area (Å²) in [5.74, 6) is 2.05. The SMILES string of the molecule is C=C(CC)N(CCC)Cc1ncc(-c2ccc3cc(-c4ccc(-c5cnc(C6CCCN6C)[nH]5)cc4)ccc3c2)[nH]1. The van der Waals surface area contributed by atoms with Gasteiger partial charge in [0.2, 0.25) is 0 Å². The Balaban J connectivity index is 1.17. The van der Waals surface area contributed by atoms with Crippen LogP contribution < -0.4 is 0 Å². The molecule has 3 aromatic carbocycles. The molecule has 1 aliphatic heterocycles. The number of aromatic nitrogens is 4. The van der Waals surface area contributed by atoms with Crippen LogP contribution in [0.1, 0.15) is 57.2 Å². The first kappa shape index (κ1) is 27.0. The van der Waals surface area contributed by atoms with E-state index in [1.807, 2.05) is 12.4 Å². The number of nitrogens with zero attached hydrogens (tertiary/aromatic N) is 4. The molecule has 5 aromatic rings. The van der Waals surface area contributed by atoms with Crippen molar-refractivity contribution in [3.05, 3.63) is 97.0 Å². The van der Waals surface area contributed by atoms with Crippen LogP contribution in [0.25, 0.3) is 44.4 Å². The molecule has 2 aromatic heterocycles. The lowest BCUT2D eigenvalue weighted by Crippen LogP contribution is -2.23. The van der Waals surface area contributed by atoms with Gasteiger partial charge in [-0.2, -0.15) is 0 Å². The fourth-order valence-electron chi connectivity index (χ4n) is 5.96. The van der Waals surface area contributed by atoms with Gasteiger partial charge in [-0.05, 0) is 78.9 Å². The highest BCUT2D eigenvalue weighted by atomic mass is 15.2. The van der Waals surface area contributed by atoms with Crippen LogP contribution in [0.4, 0.5) is 0 Å². The van der Waals surface area contributed by atoms with E-state index < -0.39 is 0 Å². The molecule has 6 rings (SSSR count). The predicted octanol–water partition coefficient (Wildman–Crippen LogP) is 8.19. The van der Waals surface area contributed by atoms with Crippen molar-refractivity contribution in [3.8, 4) is 33.6 Å². The Morgan fingerprint density at radius 1 is 0.878 bits per heavy atom. The number of aromatic amines is 2. The summed E-state index contributed by atoms with van der Waals surface area (Å²) in [6.07, 6.45) is 8.36. The van der Waals surface area contributed by atoms with Gasteiger partial charge in [0.15, 0.2) is 0 Å². The normalized spacial score (nSPS) is 15.5. The summed E-state index contributed by atoms with van der Waals surface area (Å²) in [6, 6.07) is 22.5. The summed E-state index contributed by atoms with van der Waals surface area (Å²) in [5.41, 5.74) is 8.00. The second-order valence-corrected chi connectivity index (χ2v) is 11.3. The van der Waals surface area contributed by atoms with E-state index >= 15 is 0 Å². The average Bonchev–Trinajstić information content (AvgIpc) is 3.77. The summed E-state index contributed by atoms with van der Waals surface area (Å²) < 4.78 is 0. The molecule has 6 nitrogen and oxygen atoms in total. The van der Waals surface area contributed by atoms with E-state index in [0.717, 1.165) is 72.3 Å². The molecule has 41 heavy (non-hydrogen) atoms. The van der Waals surface area contributed by atoms with Gasteiger partial charge >= 0.3 is 0 Å². The molecule has 6 heteroatoms. The zero-order valence-electron chi connectivity index (χ0n) is 24.5. The van der Waals surface area contributed by atoms with Crippen molar-refractivity contribution in [2.75, 3.05) is 20.1 Å². The first-order valence-electron chi connectivity index (χ1n) is 14.9. The molecule has 210 valence electrons. The third-order valence-corrected chi connectivity index (χ3v) is 8.43. The minimum absolute atomic E-state index is 0.402. The van der Waals surface area contributed by atoms with E-state index in [1.54, 1.807) is 0 Å². The molecule has 0 amide bonds. The van der Waals surface area contributed by atoms with E-state index in [0.29, 0.717) is 6.04 Å². The van der Waals surface area contributed by atoms with Crippen LogP contribution in [-0.4, -0.2) is 49.9 Å². The molecule has 1 fully saturated rings. The van der Waals surface area contributed by atoms with E-state index in [4.69, 9.17) is 4.98 Å². The molecular weight excluding hydrogens is 504 g/mol. The zero-order chi connectivity index (χ0) is 28.3. The number of hydrogen-bond donors (Lipinski definition) is 2. The van der Waals surface area contributed by atoms with Gasteiger partial charge < -0.3 is 14.9 Å². The van der Waals surface area contributed by atoms with Gasteiger partial charge in [0.25, 0.3) is 0 Å². The van der Waals surface area contributed by atoms with Crippen LogP contribution in [0, 0.1) is 0 Å². The number of likely N-dealkylation sites (tertiary alicyclic amines) is 1. The van der Waals surface area contributed by atoms with E-state index in [2.05, 4.69) is 113 Å². The Morgan fingerprint density at radius 3 is 2.24 bits per heavy atom. The second kappa shape index (κ2) is 11.8. The molecule has 0 aliphatic carbocycles. The van der Waals surface area contributed by atoms with E-state index in [1.165, 1.54) is 34.7 Å². The van der Waals surface area contributed by atoms with Crippen molar-refractivity contribution in [1.29, 1.82) is 0 Å². The Morgan fingerprint density at radius 2 is 1.54 bits per heavy atom. The number of fused-ring (bicyclic) bond motifs is 1. The smallest absolute Gasteiger partial charge is 0.126 e. The molecule has 2 N–H and O–H groups in total. The molecule has 1 atom stereocenters. The summed E-state index contributed by atoms with van der Waals surface area (Å²) in [5, 5.41) is 2.44. The lowest BCUT2D eigenvalue weighted by molar-refractivity contribution is 0.307. The highest BCUT2D eigenvalue weighted by Crippen LogP contribution is 2.32. The van der Waals surface area contributed by atoms with Gasteiger partial charge in [0.1, 0.15) is 11.6 Å². The van der Waals surface area contributed by atoms with Gasteiger partial charge in [0, 0.05) is 17.8 Å². The maximum absolute atomic E-state index is 4.69. The molecule has 1 saturated heterocycles. The van der Waals surface area contributed by atoms with Crippen LogP contribution in [0.3, 0.4) is 0 Å². The Hall–Kier alpha value is -4.16. The number of H-pyrrole nitrogens is 2. The number of hydrogen-bond acceptors (Lipinski definition) is 4. The van der Waals surface area contributed by atoms with Crippen molar-refractivity contribution < 1.29 is 0 Å². The third-order valence-electron chi connectivity index (χ3n) is 8.43. The fourth-order valence-corrected chi connectivity index (χ4v) is 5.96. The molecule has 1 unspecified atom stereocenters. The van der Waals surface area contributed by atoms with Crippen LogP contribution in [-0.2, 0) is 6.54 Å². The molecule has 1 aliphatic rings. The van der Waals surface area contributed by atoms with Crippen LogP contribution in [0.15, 0.2) is 85.3 Å². The van der Waals surface area contributed by atoms with E-state index in [9.17, 15) is 0 Å². The summed E-state index contributed by atoms with van der Waals surface area (Å²) in [6.45, 7) is 11.5. The molecule has 0 saturated carbocycles. The van der Waals surface area contributed by atoms with Gasteiger partial charge in [-0.15, -0.1) is 0 Å². The van der Waals surface area contributed by atoms with Crippen molar-refractivity contribution in [1.82, 2.24) is 29.7 Å². The van der Waals surface area contributed by atoms with Crippen molar-refractivity contribution in [2.45, 2.75) is 52.1 Å². The van der Waals surface area contributed by atoms with Gasteiger partial charge in [-0.3, -0.25) is 4.90 Å². The van der Waals surface area contributed by atoms with Crippen LogP contribution in [0.2, 0.25) is 0 Å². The zero-order valence-corrected chi connectivity index (χ0v) is 24.5. The first-order chi connectivity index (χ1) is 20.0. The highest BCUT2D eigenvalue weighted by Gasteiger charge is 2.25. The maximum atomic E-state index is 4.69. The molecule has 0 bridgehead atoms. The Bertz CT molecular complexity index is 1640. The molecule has 0 radical (unpaired) electrons. The summed E-state index contributed by atoms with van der Waals surface area (Å²) >= 11 is 0. The lowest BCUT2D eigenvalue weighted by atomic mass is 9.98. The Labute approximate surface area is 243 Å². The standard InChI is InChI=1S/C35H40N6/c1-5-17-41(24(3)6-2)23-34-36-21-32(38-34)30-16-15-28-19-27(13-14-29(28)20-30)25-9-11-26(12-10-25)31-22-37-35(39-31)33-8-7-18-40(33)4/h9-16,19-22,33H,3,5-8,17-18,23H2,1-2,4H3,(H,36,38)(H,37,39). The minimum atomic E-state index is 0.402. The Kier molecular flexibility index (Phi) is 7.75. The largest absolute Gasteiger partial charge is 0.368 e. The quantitative estimate of drug-likeness (QED) is 0.186. The monoisotopic (exact) mass is 544 g/mol. The van der Waals surface area contributed by atoms with E-state index in [-0.39, 0.29) is 0 Å². The third kappa shape index (κ3) is 5.70. The first-order valence-corrected chi connectivity index (χ1v) is 14.9. The fraction of sp³-hybridized carbons (Fsp3) is 0.314. The maximum Gasteiger partial charge on any atom is 0.126 e. The highest BCUT2D eigenvalue weighted by molar-refractivity contribution is 5.90. The average molecular weight is 545 g/mol. The lowest BCUT2D eigenvalue weighted by Gasteiger charge is -2.24. The molecular formula is C35H40N6. The predicted molar refractivity (Wildman–Crippen MR) is 169 cm³/mol. The minimum Gasteiger partial charge on any atom is -0.368 e. The summed E-state index contributed by atoms with van der Waals surface area (Å²) in [4.78, 5) is 21.2. The number of allylic oxidation sites excluding steroid dienone is 1. The molecule has 0 spiro atoms. The van der Waals surface area contributed by atoms with Crippen molar-refractivity contribution >= 4 is 10.8 Å². The topological polar surface area (TPSA) is 63.8 Å². The number of benzene rings is 3. The van der Waals surface area contributed by atoms with Crippen molar-refractivity contribution in [3.63, 3.8) is 0 Å². The van der Waals surface area contributed by atoms with Crippen LogP contribution >= 0.6 is 0 Å². The number of nitrogens with one attached hydrogen (secondary N) is 2. The molecule has 3 heterocycles. The van der Waals surface area contributed by atoms with Gasteiger partial charge in [0.05, 0.1) is 36.4 Å². The number of rotatable bonds is 10. The second-order valence-electron chi connectivity index (χ2n) is 11.3. The van der Waals surface area contributed by atoms with Crippen LogP contribution in [0.5, 0.6) is 0 Å². The number of imidazole rings is 2. The van der Waals surface area contributed by atoms with Gasteiger partial charge in [-0.25, -0.2) is 9.97 Å². The van der Waals surface area contributed by atoms with Gasteiger partial charge in [-0.1, -0.05) is 69.0 Å². The van der Waals surface area contributed by atoms with Crippen molar-refractivity contribution in [2.24, 2.45) is 0 Å².